The Morgan fingerprint density at radius 1 is 1.28 bits per heavy atom. The third kappa shape index (κ3) is 3.43. The van der Waals surface area contributed by atoms with E-state index in [-0.39, 0.29) is 21.9 Å². The van der Waals surface area contributed by atoms with Gasteiger partial charge >= 0.3 is 0 Å². The van der Waals surface area contributed by atoms with Gasteiger partial charge in [-0.05, 0) is 42.7 Å². The molecule has 8 heteroatoms. The molecule has 1 aromatic heterocycles. The second kappa shape index (κ2) is 7.48. The van der Waals surface area contributed by atoms with Gasteiger partial charge in [0.1, 0.15) is 0 Å². The highest BCUT2D eigenvalue weighted by Gasteiger charge is 2.37. The van der Waals surface area contributed by atoms with E-state index in [1.807, 2.05) is 25.1 Å². The van der Waals surface area contributed by atoms with Crippen LogP contribution in [0.4, 0.5) is 5.69 Å². The van der Waals surface area contributed by atoms with Crippen LogP contribution >= 0.6 is 11.6 Å². The molecule has 2 aromatic carbocycles. The van der Waals surface area contributed by atoms with E-state index in [1.165, 1.54) is 30.7 Å². The highest BCUT2D eigenvalue weighted by molar-refractivity contribution is 7.89. The molecule has 0 saturated carbocycles. The highest BCUT2D eigenvalue weighted by atomic mass is 35.5. The van der Waals surface area contributed by atoms with Crippen LogP contribution in [0.1, 0.15) is 37.6 Å². The number of carbonyl (C=O) groups excluding carboxylic acids is 1. The molecule has 0 radical (unpaired) electrons. The number of sulfonamides is 1. The molecule has 1 aliphatic rings. The number of hydrogen-bond acceptors (Lipinski definition) is 3. The maximum atomic E-state index is 13.4. The first-order chi connectivity index (χ1) is 13.8. The summed E-state index contributed by atoms with van der Waals surface area (Å²) in [6, 6.07) is 12.2. The third-order valence-electron chi connectivity index (χ3n) is 5.35. The molecule has 2 N–H and O–H groups in total. The Morgan fingerprint density at radius 3 is 2.72 bits per heavy atom. The van der Waals surface area contributed by atoms with E-state index in [1.54, 1.807) is 4.31 Å². The summed E-state index contributed by atoms with van der Waals surface area (Å²) < 4.78 is 28.4. The number of hydrogen-bond donors (Lipinski definition) is 2. The number of amides is 1. The van der Waals surface area contributed by atoms with E-state index in [9.17, 15) is 13.2 Å². The van der Waals surface area contributed by atoms with Gasteiger partial charge in [0.2, 0.25) is 15.9 Å². The number of rotatable bonds is 4. The van der Waals surface area contributed by atoms with Crippen LogP contribution in [0.5, 0.6) is 0 Å². The lowest BCUT2D eigenvalue weighted by molar-refractivity contribution is -0.114. The zero-order chi connectivity index (χ0) is 20.8. The summed E-state index contributed by atoms with van der Waals surface area (Å²) >= 11 is 6.22. The summed E-state index contributed by atoms with van der Waals surface area (Å²) in [5.74, 6) is -0.268. The lowest BCUT2D eigenvalue weighted by atomic mass is 9.98. The zero-order valence-corrected chi connectivity index (χ0v) is 17.8. The SMILES string of the molecule is CCC1c2[nH]c3ccccc3c2CCN1S(=O)(=O)c1ccc(NC(C)=O)c(Cl)c1. The summed E-state index contributed by atoms with van der Waals surface area (Å²) in [7, 11) is -3.76. The van der Waals surface area contributed by atoms with Crippen LogP contribution in [0.3, 0.4) is 0 Å². The first kappa shape index (κ1) is 19.9. The first-order valence-electron chi connectivity index (χ1n) is 9.51. The number of fused-ring (bicyclic) bond motifs is 3. The van der Waals surface area contributed by atoms with Crippen LogP contribution in [0, 0.1) is 0 Å². The molecule has 152 valence electrons. The number of carbonyl (C=O) groups is 1. The quantitative estimate of drug-likeness (QED) is 0.639. The molecule has 1 aliphatic heterocycles. The maximum Gasteiger partial charge on any atom is 0.243 e. The number of para-hydroxylation sites is 1. The Balaban J connectivity index is 1.73. The smallest absolute Gasteiger partial charge is 0.243 e. The normalized spacial score (nSPS) is 17.3. The molecule has 1 amide bonds. The molecule has 29 heavy (non-hydrogen) atoms. The fourth-order valence-electron chi connectivity index (χ4n) is 4.07. The number of H-pyrrole nitrogens is 1. The number of aromatic amines is 1. The van der Waals surface area contributed by atoms with Crippen LogP contribution in [-0.2, 0) is 21.2 Å². The Hall–Kier alpha value is -2.35. The maximum absolute atomic E-state index is 13.4. The van der Waals surface area contributed by atoms with Crippen molar-refractivity contribution in [1.29, 1.82) is 0 Å². The second-order valence-electron chi connectivity index (χ2n) is 7.18. The van der Waals surface area contributed by atoms with Gasteiger partial charge < -0.3 is 10.3 Å². The van der Waals surface area contributed by atoms with Gasteiger partial charge in [0.05, 0.1) is 21.6 Å². The minimum Gasteiger partial charge on any atom is -0.357 e. The molecule has 0 saturated heterocycles. The number of anilines is 1. The molecule has 6 nitrogen and oxygen atoms in total. The molecule has 3 aromatic rings. The summed E-state index contributed by atoms with van der Waals surface area (Å²) in [6.07, 6.45) is 1.30. The van der Waals surface area contributed by atoms with Crippen molar-refractivity contribution in [2.75, 3.05) is 11.9 Å². The van der Waals surface area contributed by atoms with E-state index >= 15 is 0 Å². The van der Waals surface area contributed by atoms with Crippen molar-refractivity contribution >= 4 is 44.1 Å². The van der Waals surface area contributed by atoms with Gasteiger partial charge in [-0.25, -0.2) is 8.42 Å². The van der Waals surface area contributed by atoms with Gasteiger partial charge in [0.25, 0.3) is 0 Å². The summed E-state index contributed by atoms with van der Waals surface area (Å²) in [5.41, 5.74) is 3.57. The molecular weight excluding hydrogens is 410 g/mol. The molecule has 2 heterocycles. The summed E-state index contributed by atoms with van der Waals surface area (Å²) in [5, 5.41) is 3.94. The van der Waals surface area contributed by atoms with Crippen molar-refractivity contribution < 1.29 is 13.2 Å². The van der Waals surface area contributed by atoms with Gasteiger partial charge in [-0.2, -0.15) is 4.31 Å². The average Bonchev–Trinajstić information content (AvgIpc) is 3.07. The van der Waals surface area contributed by atoms with Gasteiger partial charge in [0, 0.05) is 30.1 Å². The van der Waals surface area contributed by atoms with Gasteiger partial charge in [-0.15, -0.1) is 0 Å². The van der Waals surface area contributed by atoms with Crippen LogP contribution < -0.4 is 5.32 Å². The van der Waals surface area contributed by atoms with E-state index in [0.29, 0.717) is 25.1 Å². The van der Waals surface area contributed by atoms with Crippen molar-refractivity contribution in [3.63, 3.8) is 0 Å². The predicted octanol–water partition coefficient (Wildman–Crippen LogP) is 4.48. The summed E-state index contributed by atoms with van der Waals surface area (Å²) in [4.78, 5) is 14.8. The highest BCUT2D eigenvalue weighted by Crippen LogP contribution is 2.39. The molecule has 0 aliphatic carbocycles. The number of nitrogens with zero attached hydrogens (tertiary/aromatic N) is 1. The average molecular weight is 432 g/mol. The molecule has 4 rings (SSSR count). The fraction of sp³-hybridized carbons (Fsp3) is 0.286. The van der Waals surface area contributed by atoms with E-state index < -0.39 is 10.0 Å². The Labute approximate surface area is 174 Å². The van der Waals surface area contributed by atoms with Gasteiger partial charge in [-0.1, -0.05) is 36.7 Å². The largest absolute Gasteiger partial charge is 0.357 e. The number of aromatic nitrogens is 1. The lowest BCUT2D eigenvalue weighted by Gasteiger charge is -2.34. The minimum absolute atomic E-state index is 0.120. The lowest BCUT2D eigenvalue weighted by Crippen LogP contribution is -2.39. The Morgan fingerprint density at radius 2 is 2.03 bits per heavy atom. The second-order valence-corrected chi connectivity index (χ2v) is 9.47. The zero-order valence-electron chi connectivity index (χ0n) is 16.2. The Kier molecular flexibility index (Phi) is 5.14. The van der Waals surface area contributed by atoms with Crippen molar-refractivity contribution in [3.8, 4) is 0 Å². The van der Waals surface area contributed by atoms with Crippen molar-refractivity contribution in [3.05, 3.63) is 58.7 Å². The predicted molar refractivity (Wildman–Crippen MR) is 115 cm³/mol. The van der Waals surface area contributed by atoms with Crippen molar-refractivity contribution in [2.45, 2.75) is 37.6 Å². The monoisotopic (exact) mass is 431 g/mol. The van der Waals surface area contributed by atoms with Crippen LogP contribution in [0.2, 0.25) is 5.02 Å². The van der Waals surface area contributed by atoms with Crippen LogP contribution in [0.25, 0.3) is 10.9 Å². The van der Waals surface area contributed by atoms with E-state index in [4.69, 9.17) is 11.6 Å². The van der Waals surface area contributed by atoms with E-state index in [2.05, 4.69) is 16.4 Å². The number of benzene rings is 2. The minimum atomic E-state index is -3.76. The Bertz CT molecular complexity index is 1200. The fourth-order valence-corrected chi connectivity index (χ4v) is 6.07. The molecule has 0 fully saturated rings. The van der Waals surface area contributed by atoms with E-state index in [0.717, 1.165) is 16.6 Å². The summed E-state index contributed by atoms with van der Waals surface area (Å²) in [6.45, 7) is 3.76. The van der Waals surface area contributed by atoms with Crippen molar-refractivity contribution in [1.82, 2.24) is 9.29 Å². The number of nitrogens with one attached hydrogen (secondary N) is 2. The van der Waals surface area contributed by atoms with Crippen LogP contribution in [0.15, 0.2) is 47.4 Å². The standard InChI is InChI=1S/C21H22ClN3O3S/c1-3-20-21-16(15-6-4-5-7-18(15)24-21)10-11-25(20)29(27,28)14-8-9-19(17(22)12-14)23-13(2)26/h4-9,12,20,24H,3,10-11H2,1-2H3,(H,23,26). The molecule has 0 bridgehead atoms. The number of halogens is 1. The first-order valence-corrected chi connectivity index (χ1v) is 11.3. The van der Waals surface area contributed by atoms with Crippen LogP contribution in [-0.4, -0.2) is 30.2 Å². The topological polar surface area (TPSA) is 82.3 Å². The third-order valence-corrected chi connectivity index (χ3v) is 7.57. The molecule has 1 unspecified atom stereocenters. The van der Waals surface area contributed by atoms with Crippen molar-refractivity contribution in [2.24, 2.45) is 0 Å². The van der Waals surface area contributed by atoms with Gasteiger partial charge in [0.15, 0.2) is 0 Å². The van der Waals surface area contributed by atoms with Gasteiger partial charge in [-0.3, -0.25) is 4.79 Å². The molecule has 0 spiro atoms. The molecule has 1 atom stereocenters. The molecular formula is C21H22ClN3O3S.